The van der Waals surface area contributed by atoms with E-state index in [-0.39, 0.29) is 22.9 Å². The van der Waals surface area contributed by atoms with Crippen molar-refractivity contribution in [3.05, 3.63) is 52.2 Å². The molecule has 0 spiro atoms. The molecule has 0 aliphatic heterocycles. The Balaban J connectivity index is 2.41. The first-order valence-corrected chi connectivity index (χ1v) is 7.02. The lowest BCUT2D eigenvalue weighted by atomic mass is 10.0. The molecule has 124 valence electrons. The van der Waals surface area contributed by atoms with Crippen molar-refractivity contribution < 1.29 is 22.4 Å². The molecule has 4 nitrogen and oxygen atoms in total. The van der Waals surface area contributed by atoms with Crippen LogP contribution in [0.1, 0.15) is 33.7 Å². The fourth-order valence-corrected chi connectivity index (χ4v) is 2.41. The number of aryl methyl sites for hydroxylation is 2. The van der Waals surface area contributed by atoms with E-state index in [1.807, 2.05) is 0 Å². The SMILES string of the molecule is Cc1nc(C)c(C(=O)N(C)C(c2ccc(Cl)cc2)C(F)(F)F)o1. The molecule has 0 aliphatic rings. The predicted octanol–water partition coefficient (Wildman–Crippen LogP) is 4.32. The van der Waals surface area contributed by atoms with Crippen LogP contribution in [-0.2, 0) is 0 Å². The van der Waals surface area contributed by atoms with Crippen molar-refractivity contribution in [3.63, 3.8) is 0 Å². The quantitative estimate of drug-likeness (QED) is 0.831. The minimum Gasteiger partial charge on any atom is -0.436 e. The van der Waals surface area contributed by atoms with Crippen LogP contribution < -0.4 is 0 Å². The number of oxazole rings is 1. The van der Waals surface area contributed by atoms with Gasteiger partial charge in [0.2, 0.25) is 5.76 Å². The fraction of sp³-hybridized carbons (Fsp3) is 0.333. The van der Waals surface area contributed by atoms with Gasteiger partial charge in [-0.05, 0) is 24.6 Å². The first-order chi connectivity index (χ1) is 10.6. The van der Waals surface area contributed by atoms with Gasteiger partial charge in [-0.2, -0.15) is 13.2 Å². The maximum atomic E-state index is 13.5. The van der Waals surface area contributed by atoms with E-state index in [9.17, 15) is 18.0 Å². The number of hydrogen-bond donors (Lipinski definition) is 0. The van der Waals surface area contributed by atoms with Gasteiger partial charge < -0.3 is 9.32 Å². The Hall–Kier alpha value is -2.02. The van der Waals surface area contributed by atoms with Gasteiger partial charge in [0.15, 0.2) is 11.9 Å². The molecule has 1 atom stereocenters. The lowest BCUT2D eigenvalue weighted by Crippen LogP contribution is -2.39. The summed E-state index contributed by atoms with van der Waals surface area (Å²) in [6, 6.07) is 3.05. The molecule has 0 bridgehead atoms. The Morgan fingerprint density at radius 3 is 2.26 bits per heavy atom. The third kappa shape index (κ3) is 3.67. The molecule has 1 amide bonds. The van der Waals surface area contributed by atoms with Gasteiger partial charge in [-0.25, -0.2) is 4.98 Å². The predicted molar refractivity (Wildman–Crippen MR) is 78.3 cm³/mol. The number of aromatic nitrogens is 1. The van der Waals surface area contributed by atoms with Gasteiger partial charge in [-0.15, -0.1) is 0 Å². The first-order valence-electron chi connectivity index (χ1n) is 6.64. The van der Waals surface area contributed by atoms with Gasteiger partial charge in [0.05, 0.1) is 5.69 Å². The molecule has 1 aromatic carbocycles. The molecule has 8 heteroatoms. The van der Waals surface area contributed by atoms with Gasteiger partial charge >= 0.3 is 6.18 Å². The number of carbonyl (C=O) groups is 1. The van der Waals surface area contributed by atoms with Crippen LogP contribution in [0.2, 0.25) is 5.02 Å². The summed E-state index contributed by atoms with van der Waals surface area (Å²) in [7, 11) is 1.08. The van der Waals surface area contributed by atoms with Crippen LogP contribution >= 0.6 is 11.6 Å². The number of halogens is 4. The van der Waals surface area contributed by atoms with Crippen LogP contribution in [0.15, 0.2) is 28.7 Å². The average Bonchev–Trinajstić information content (AvgIpc) is 2.77. The average molecular weight is 347 g/mol. The van der Waals surface area contributed by atoms with E-state index in [0.717, 1.165) is 7.05 Å². The molecule has 0 N–H and O–H groups in total. The third-order valence-corrected chi connectivity index (χ3v) is 3.55. The van der Waals surface area contributed by atoms with E-state index < -0.39 is 18.1 Å². The minimum atomic E-state index is -4.65. The second-order valence-electron chi connectivity index (χ2n) is 5.06. The molecule has 23 heavy (non-hydrogen) atoms. The van der Waals surface area contributed by atoms with Gasteiger partial charge in [0, 0.05) is 19.0 Å². The highest BCUT2D eigenvalue weighted by Crippen LogP contribution is 2.38. The number of nitrogens with zero attached hydrogens (tertiary/aromatic N) is 2. The summed E-state index contributed by atoms with van der Waals surface area (Å²) in [6.07, 6.45) is -4.65. The number of amides is 1. The van der Waals surface area contributed by atoms with E-state index in [2.05, 4.69) is 4.98 Å². The lowest BCUT2D eigenvalue weighted by Gasteiger charge is -2.29. The van der Waals surface area contributed by atoms with Crippen molar-refractivity contribution in [3.8, 4) is 0 Å². The fourth-order valence-electron chi connectivity index (χ4n) is 2.28. The molecule has 2 aromatic rings. The zero-order valence-corrected chi connectivity index (χ0v) is 13.4. The van der Waals surface area contributed by atoms with Gasteiger partial charge in [-0.3, -0.25) is 4.79 Å². The largest absolute Gasteiger partial charge is 0.436 e. The molecular weight excluding hydrogens is 333 g/mol. The van der Waals surface area contributed by atoms with Gasteiger partial charge in [-0.1, -0.05) is 23.7 Å². The first kappa shape index (κ1) is 17.3. The van der Waals surface area contributed by atoms with Crippen molar-refractivity contribution in [2.45, 2.75) is 26.1 Å². The third-order valence-electron chi connectivity index (χ3n) is 3.30. The topological polar surface area (TPSA) is 46.3 Å². The van der Waals surface area contributed by atoms with Crippen LogP contribution in [-0.4, -0.2) is 29.0 Å². The maximum Gasteiger partial charge on any atom is 0.413 e. The Kier molecular flexibility index (Phi) is 4.70. The molecule has 0 aliphatic carbocycles. The summed E-state index contributed by atoms with van der Waals surface area (Å²) in [5.74, 6) is -0.872. The molecule has 1 unspecified atom stereocenters. The van der Waals surface area contributed by atoms with Gasteiger partial charge in [0.1, 0.15) is 0 Å². The van der Waals surface area contributed by atoms with E-state index in [0.29, 0.717) is 9.92 Å². The summed E-state index contributed by atoms with van der Waals surface area (Å²) in [4.78, 5) is 16.9. The van der Waals surface area contributed by atoms with Crippen LogP contribution in [0, 0.1) is 13.8 Å². The highest BCUT2D eigenvalue weighted by molar-refractivity contribution is 6.30. The minimum absolute atomic E-state index is 0.0911. The normalized spacial score (nSPS) is 13.0. The monoisotopic (exact) mass is 346 g/mol. The van der Waals surface area contributed by atoms with E-state index >= 15 is 0 Å². The zero-order valence-electron chi connectivity index (χ0n) is 12.6. The Bertz CT molecular complexity index is 711. The molecule has 1 aromatic heterocycles. The second-order valence-corrected chi connectivity index (χ2v) is 5.50. The lowest BCUT2D eigenvalue weighted by molar-refractivity contribution is -0.176. The summed E-state index contributed by atoms with van der Waals surface area (Å²) in [5, 5.41) is 0.311. The van der Waals surface area contributed by atoms with Crippen LogP contribution in [0.5, 0.6) is 0 Å². The van der Waals surface area contributed by atoms with E-state index in [1.54, 1.807) is 0 Å². The molecule has 2 rings (SSSR count). The van der Waals surface area contributed by atoms with Crippen molar-refractivity contribution in [2.75, 3.05) is 7.05 Å². The Morgan fingerprint density at radius 1 is 1.26 bits per heavy atom. The standard InChI is InChI=1S/C15H14ClF3N2O2/c1-8-12(23-9(2)20-8)14(22)21(3)13(15(17,18)19)10-4-6-11(16)7-5-10/h4-7,13H,1-3H3. The van der Waals surface area contributed by atoms with E-state index in [4.69, 9.17) is 16.0 Å². The summed E-state index contributed by atoms with van der Waals surface area (Å²) in [6.45, 7) is 3.02. The zero-order chi connectivity index (χ0) is 17.4. The summed E-state index contributed by atoms with van der Waals surface area (Å²) >= 11 is 5.71. The number of alkyl halides is 3. The molecule has 1 heterocycles. The second kappa shape index (κ2) is 6.23. The van der Waals surface area contributed by atoms with Crippen molar-refractivity contribution in [1.82, 2.24) is 9.88 Å². The van der Waals surface area contributed by atoms with E-state index in [1.165, 1.54) is 38.1 Å². The van der Waals surface area contributed by atoms with Crippen LogP contribution in [0.25, 0.3) is 0 Å². The Morgan fingerprint density at radius 2 is 1.83 bits per heavy atom. The molecular formula is C15H14ClF3N2O2. The van der Waals surface area contributed by atoms with Crippen LogP contribution in [0.3, 0.4) is 0 Å². The highest BCUT2D eigenvalue weighted by Gasteiger charge is 2.46. The van der Waals surface area contributed by atoms with Crippen LogP contribution in [0.4, 0.5) is 13.2 Å². The number of benzene rings is 1. The summed E-state index contributed by atoms with van der Waals surface area (Å²) in [5.41, 5.74) is 0.156. The Labute approximate surface area is 135 Å². The number of carbonyl (C=O) groups excluding carboxylic acids is 1. The molecule has 0 saturated carbocycles. The highest BCUT2D eigenvalue weighted by atomic mass is 35.5. The van der Waals surface area contributed by atoms with Crippen molar-refractivity contribution in [1.29, 1.82) is 0 Å². The number of hydrogen-bond acceptors (Lipinski definition) is 3. The summed E-state index contributed by atoms with van der Waals surface area (Å²) < 4.78 is 45.5. The van der Waals surface area contributed by atoms with Crippen molar-refractivity contribution >= 4 is 17.5 Å². The molecule has 0 saturated heterocycles. The van der Waals surface area contributed by atoms with Crippen molar-refractivity contribution in [2.24, 2.45) is 0 Å². The van der Waals surface area contributed by atoms with Gasteiger partial charge in [0.25, 0.3) is 5.91 Å². The smallest absolute Gasteiger partial charge is 0.413 e. The maximum absolute atomic E-state index is 13.5. The molecule has 0 fully saturated rings. The molecule has 0 radical (unpaired) electrons. The number of rotatable bonds is 3.